The summed E-state index contributed by atoms with van der Waals surface area (Å²) in [5.74, 6) is 0.360. The third kappa shape index (κ3) is 3.17. The van der Waals surface area contributed by atoms with Crippen molar-refractivity contribution >= 4 is 17.3 Å². The number of aryl methyl sites for hydroxylation is 1. The van der Waals surface area contributed by atoms with Crippen molar-refractivity contribution in [2.24, 2.45) is 5.92 Å². The van der Waals surface area contributed by atoms with Crippen LogP contribution in [0.2, 0.25) is 0 Å². The van der Waals surface area contributed by atoms with Crippen molar-refractivity contribution in [1.29, 1.82) is 0 Å². The first-order valence-corrected chi connectivity index (χ1v) is 5.60. The van der Waals surface area contributed by atoms with Gasteiger partial charge in [-0.2, -0.15) is 0 Å². The van der Waals surface area contributed by atoms with Crippen LogP contribution in [0.3, 0.4) is 0 Å². The fourth-order valence-corrected chi connectivity index (χ4v) is 1.51. The molecule has 0 saturated heterocycles. The molecule has 1 aromatic heterocycles. The van der Waals surface area contributed by atoms with E-state index < -0.39 is 4.92 Å². The van der Waals surface area contributed by atoms with Crippen LogP contribution < -0.4 is 0 Å². The lowest BCUT2D eigenvalue weighted by atomic mass is 10.1. The Kier molecular flexibility index (Phi) is 4.24. The Labute approximate surface area is 99.8 Å². The highest BCUT2D eigenvalue weighted by Crippen LogP contribution is 2.19. The SMILES string of the molecule is Cc1nc(CC(Cl)C(C)C)ccc1[N+](=O)[O-]. The summed E-state index contributed by atoms with van der Waals surface area (Å²) in [7, 11) is 0. The predicted octanol–water partition coefficient (Wildman–Crippen LogP) is 3.10. The number of pyridine rings is 1. The van der Waals surface area contributed by atoms with Gasteiger partial charge in [-0.3, -0.25) is 15.1 Å². The molecule has 0 saturated carbocycles. The quantitative estimate of drug-likeness (QED) is 0.463. The van der Waals surface area contributed by atoms with Crippen LogP contribution in [0.25, 0.3) is 0 Å². The van der Waals surface area contributed by atoms with E-state index in [0.717, 1.165) is 5.69 Å². The van der Waals surface area contributed by atoms with Crippen LogP contribution in [-0.2, 0) is 6.42 Å². The number of halogens is 1. The minimum atomic E-state index is -0.424. The molecule has 0 radical (unpaired) electrons. The summed E-state index contributed by atoms with van der Waals surface area (Å²) in [6, 6.07) is 3.16. The minimum absolute atomic E-state index is 0.00774. The van der Waals surface area contributed by atoms with Crippen molar-refractivity contribution in [1.82, 2.24) is 4.98 Å². The van der Waals surface area contributed by atoms with Gasteiger partial charge in [-0.15, -0.1) is 11.6 Å². The van der Waals surface area contributed by atoms with Gasteiger partial charge < -0.3 is 0 Å². The smallest absolute Gasteiger partial charge is 0.258 e. The molecule has 1 aromatic rings. The number of alkyl halides is 1. The summed E-state index contributed by atoms with van der Waals surface area (Å²) in [5.41, 5.74) is 1.30. The topological polar surface area (TPSA) is 56.0 Å². The van der Waals surface area contributed by atoms with Gasteiger partial charge in [0.2, 0.25) is 0 Å². The van der Waals surface area contributed by atoms with Crippen molar-refractivity contribution in [3.8, 4) is 0 Å². The van der Waals surface area contributed by atoms with E-state index in [2.05, 4.69) is 4.98 Å². The molecule has 1 heterocycles. The molecule has 0 aliphatic carbocycles. The summed E-state index contributed by atoms with van der Waals surface area (Å²) in [6.45, 7) is 5.71. The van der Waals surface area contributed by atoms with E-state index in [4.69, 9.17) is 11.6 Å². The second-order valence-corrected chi connectivity index (χ2v) is 4.69. The zero-order valence-electron chi connectivity index (χ0n) is 9.61. The highest BCUT2D eigenvalue weighted by atomic mass is 35.5. The van der Waals surface area contributed by atoms with Gasteiger partial charge in [0.05, 0.1) is 4.92 Å². The summed E-state index contributed by atoms with van der Waals surface area (Å²) >= 11 is 6.13. The second-order valence-electron chi connectivity index (χ2n) is 4.13. The number of hydrogen-bond acceptors (Lipinski definition) is 3. The maximum atomic E-state index is 10.6. The summed E-state index contributed by atoms with van der Waals surface area (Å²) in [4.78, 5) is 14.4. The predicted molar refractivity (Wildman–Crippen MR) is 63.8 cm³/mol. The van der Waals surface area contributed by atoms with Gasteiger partial charge in [-0.1, -0.05) is 13.8 Å². The Morgan fingerprint density at radius 3 is 2.56 bits per heavy atom. The molecule has 0 spiro atoms. The number of aromatic nitrogens is 1. The van der Waals surface area contributed by atoms with Crippen LogP contribution in [0.4, 0.5) is 5.69 Å². The molecule has 16 heavy (non-hydrogen) atoms. The van der Waals surface area contributed by atoms with Gasteiger partial charge >= 0.3 is 0 Å². The Morgan fingerprint density at radius 2 is 2.12 bits per heavy atom. The Morgan fingerprint density at radius 1 is 1.50 bits per heavy atom. The highest BCUT2D eigenvalue weighted by Gasteiger charge is 2.15. The minimum Gasteiger partial charge on any atom is -0.258 e. The van der Waals surface area contributed by atoms with E-state index in [-0.39, 0.29) is 11.1 Å². The molecular weight excluding hydrogens is 228 g/mol. The van der Waals surface area contributed by atoms with E-state index in [9.17, 15) is 10.1 Å². The van der Waals surface area contributed by atoms with Crippen LogP contribution in [-0.4, -0.2) is 15.3 Å². The zero-order chi connectivity index (χ0) is 12.3. The van der Waals surface area contributed by atoms with E-state index in [1.807, 2.05) is 13.8 Å². The number of hydrogen-bond donors (Lipinski definition) is 0. The van der Waals surface area contributed by atoms with Crippen molar-refractivity contribution in [2.75, 3.05) is 0 Å². The van der Waals surface area contributed by atoms with Crippen LogP contribution in [0.5, 0.6) is 0 Å². The molecule has 88 valence electrons. The molecule has 0 fully saturated rings. The van der Waals surface area contributed by atoms with Crippen LogP contribution in [0, 0.1) is 23.0 Å². The van der Waals surface area contributed by atoms with Gasteiger partial charge in [0.1, 0.15) is 5.69 Å². The van der Waals surface area contributed by atoms with Gasteiger partial charge in [-0.25, -0.2) is 0 Å². The molecule has 1 rings (SSSR count). The van der Waals surface area contributed by atoms with Gasteiger partial charge in [-0.05, 0) is 18.9 Å². The standard InChI is InChI=1S/C11H15ClN2O2/c1-7(2)10(12)6-9-4-5-11(14(15)16)8(3)13-9/h4-5,7,10H,6H2,1-3H3. The summed E-state index contributed by atoms with van der Waals surface area (Å²) in [6.07, 6.45) is 0.637. The average molecular weight is 243 g/mol. The molecule has 0 N–H and O–H groups in total. The summed E-state index contributed by atoms with van der Waals surface area (Å²) < 4.78 is 0. The molecule has 1 unspecified atom stereocenters. The van der Waals surface area contributed by atoms with E-state index in [0.29, 0.717) is 18.0 Å². The summed E-state index contributed by atoms with van der Waals surface area (Å²) in [5, 5.41) is 10.6. The normalized spacial score (nSPS) is 12.8. The van der Waals surface area contributed by atoms with Crippen molar-refractivity contribution in [2.45, 2.75) is 32.6 Å². The van der Waals surface area contributed by atoms with Gasteiger partial charge in [0.15, 0.2) is 0 Å². The molecule has 5 heteroatoms. The van der Waals surface area contributed by atoms with Crippen molar-refractivity contribution in [3.63, 3.8) is 0 Å². The molecule has 0 amide bonds. The lowest BCUT2D eigenvalue weighted by Gasteiger charge is -2.12. The molecule has 4 nitrogen and oxygen atoms in total. The third-order valence-corrected chi connectivity index (χ3v) is 3.10. The van der Waals surface area contributed by atoms with E-state index in [1.165, 1.54) is 6.07 Å². The lowest BCUT2D eigenvalue weighted by molar-refractivity contribution is -0.385. The second kappa shape index (κ2) is 5.25. The Hall–Kier alpha value is -1.16. The van der Waals surface area contributed by atoms with Crippen molar-refractivity contribution in [3.05, 3.63) is 33.6 Å². The fraction of sp³-hybridized carbons (Fsp3) is 0.545. The Bertz CT molecular complexity index is 394. The van der Waals surface area contributed by atoms with Crippen LogP contribution in [0.15, 0.2) is 12.1 Å². The first-order valence-electron chi connectivity index (χ1n) is 5.16. The number of nitro groups is 1. The lowest BCUT2D eigenvalue weighted by Crippen LogP contribution is -2.12. The maximum absolute atomic E-state index is 10.6. The van der Waals surface area contributed by atoms with Gasteiger partial charge in [0, 0.05) is 23.6 Å². The highest BCUT2D eigenvalue weighted by molar-refractivity contribution is 6.20. The van der Waals surface area contributed by atoms with E-state index in [1.54, 1.807) is 13.0 Å². The van der Waals surface area contributed by atoms with Crippen molar-refractivity contribution < 1.29 is 4.92 Å². The molecule has 1 atom stereocenters. The molecule has 0 aromatic carbocycles. The fourth-order valence-electron chi connectivity index (χ4n) is 1.35. The van der Waals surface area contributed by atoms with Gasteiger partial charge in [0.25, 0.3) is 5.69 Å². The van der Waals surface area contributed by atoms with Crippen LogP contribution in [0.1, 0.15) is 25.2 Å². The molecule has 0 aliphatic rings. The monoisotopic (exact) mass is 242 g/mol. The first kappa shape index (κ1) is 12.9. The number of nitrogens with zero attached hydrogens (tertiary/aromatic N) is 2. The Balaban J connectivity index is 2.85. The zero-order valence-corrected chi connectivity index (χ0v) is 10.4. The first-order chi connectivity index (χ1) is 7.41. The number of rotatable bonds is 4. The molecular formula is C11H15ClN2O2. The molecule has 0 aliphatic heterocycles. The average Bonchev–Trinajstić information content (AvgIpc) is 2.16. The third-order valence-electron chi connectivity index (χ3n) is 2.44. The maximum Gasteiger partial charge on any atom is 0.290 e. The molecule has 0 bridgehead atoms. The van der Waals surface area contributed by atoms with E-state index >= 15 is 0 Å². The largest absolute Gasteiger partial charge is 0.290 e. The van der Waals surface area contributed by atoms with Crippen LogP contribution >= 0.6 is 11.6 Å².